The van der Waals surface area contributed by atoms with E-state index >= 15 is 0 Å². The monoisotopic (exact) mass is 376 g/mol. The average molecular weight is 376 g/mol. The maximum Gasteiger partial charge on any atom is 0.407 e. The molecule has 27 heavy (non-hydrogen) atoms. The van der Waals surface area contributed by atoms with E-state index in [1.54, 1.807) is 19.2 Å². The van der Waals surface area contributed by atoms with E-state index in [1.807, 2.05) is 20.8 Å². The summed E-state index contributed by atoms with van der Waals surface area (Å²) in [5.74, 6) is 0.0921. The number of alkyl carbamates (subject to hydrolysis) is 1. The molecule has 2 aromatic heterocycles. The molecular formula is C17H24N6O4. The third-order valence-electron chi connectivity index (χ3n) is 4.06. The van der Waals surface area contributed by atoms with Gasteiger partial charge >= 0.3 is 6.09 Å². The molecule has 3 heterocycles. The topological polar surface area (TPSA) is 123 Å². The maximum atomic E-state index is 12.3. The molecule has 1 aliphatic heterocycles. The van der Waals surface area contributed by atoms with Crippen molar-refractivity contribution in [3.05, 3.63) is 29.2 Å². The van der Waals surface area contributed by atoms with Crippen molar-refractivity contribution in [2.45, 2.75) is 45.4 Å². The van der Waals surface area contributed by atoms with Crippen LogP contribution in [0.2, 0.25) is 0 Å². The van der Waals surface area contributed by atoms with E-state index < -0.39 is 6.09 Å². The molecule has 10 nitrogen and oxygen atoms in total. The van der Waals surface area contributed by atoms with E-state index in [1.165, 1.54) is 4.68 Å². The zero-order valence-corrected chi connectivity index (χ0v) is 15.8. The van der Waals surface area contributed by atoms with Gasteiger partial charge in [-0.1, -0.05) is 0 Å². The Morgan fingerprint density at radius 2 is 2.19 bits per heavy atom. The first-order chi connectivity index (χ1) is 12.8. The van der Waals surface area contributed by atoms with E-state index in [2.05, 4.69) is 25.9 Å². The molecule has 2 aromatic rings. The Kier molecular flexibility index (Phi) is 5.45. The zero-order chi connectivity index (χ0) is 19.6. The van der Waals surface area contributed by atoms with Crippen molar-refractivity contribution in [1.29, 1.82) is 0 Å². The largest absolute Gasteiger partial charge is 0.444 e. The Hall–Kier alpha value is -2.88. The Labute approximate surface area is 156 Å². The second-order valence-electron chi connectivity index (χ2n) is 6.84. The third kappa shape index (κ3) is 4.64. The highest BCUT2D eigenvalue weighted by Crippen LogP contribution is 2.30. The van der Waals surface area contributed by atoms with E-state index in [-0.39, 0.29) is 24.2 Å². The van der Waals surface area contributed by atoms with Crippen LogP contribution in [0.15, 0.2) is 12.1 Å². The van der Waals surface area contributed by atoms with Gasteiger partial charge in [0.05, 0.1) is 18.0 Å². The van der Waals surface area contributed by atoms with Crippen LogP contribution in [0, 0.1) is 6.92 Å². The molecule has 0 saturated carbocycles. The fourth-order valence-corrected chi connectivity index (χ4v) is 2.89. The Bertz CT molecular complexity index is 827. The molecule has 1 aliphatic rings. The number of anilines is 1. The third-order valence-corrected chi connectivity index (χ3v) is 4.06. The number of hydrogen-bond donors (Lipinski definition) is 3. The SMILES string of the molecule is Cc1cc(C(=O)Nc2cc([C@@H]3C[C@H](OC(=O)NC(C)C)CO3)[nH]n2)n(C)n1. The number of nitrogens with one attached hydrogen (secondary N) is 3. The standard InChI is InChI=1S/C17H24N6O4/c1-9(2)18-17(25)27-11-6-14(26-8-11)12-7-15(21-20-12)19-16(24)13-5-10(3)22-23(13)4/h5,7,9,11,14H,6,8H2,1-4H3,(H,18,25)(H2,19,20,21,24)/t11-,14-/m0/s1. The van der Waals surface area contributed by atoms with Crippen LogP contribution < -0.4 is 10.6 Å². The van der Waals surface area contributed by atoms with E-state index in [0.717, 1.165) is 5.69 Å². The molecule has 0 radical (unpaired) electrons. The molecule has 1 saturated heterocycles. The zero-order valence-electron chi connectivity index (χ0n) is 15.8. The summed E-state index contributed by atoms with van der Waals surface area (Å²) >= 11 is 0. The van der Waals surface area contributed by atoms with Crippen molar-refractivity contribution in [1.82, 2.24) is 25.3 Å². The van der Waals surface area contributed by atoms with E-state index in [4.69, 9.17) is 9.47 Å². The smallest absolute Gasteiger partial charge is 0.407 e. The Morgan fingerprint density at radius 1 is 1.41 bits per heavy atom. The second kappa shape index (κ2) is 7.78. The second-order valence-corrected chi connectivity index (χ2v) is 6.84. The lowest BCUT2D eigenvalue weighted by atomic mass is 10.1. The van der Waals surface area contributed by atoms with Gasteiger partial charge in [-0.2, -0.15) is 10.2 Å². The molecule has 1 fully saturated rings. The van der Waals surface area contributed by atoms with Gasteiger partial charge in [0.25, 0.3) is 5.91 Å². The number of H-pyrrole nitrogens is 1. The normalized spacial score (nSPS) is 19.3. The Balaban J connectivity index is 1.56. The highest BCUT2D eigenvalue weighted by atomic mass is 16.6. The Morgan fingerprint density at radius 3 is 2.85 bits per heavy atom. The lowest BCUT2D eigenvalue weighted by molar-refractivity contribution is 0.0682. The van der Waals surface area contributed by atoms with Crippen LogP contribution in [-0.4, -0.2) is 50.7 Å². The van der Waals surface area contributed by atoms with Crippen LogP contribution in [0.1, 0.15) is 48.2 Å². The van der Waals surface area contributed by atoms with Gasteiger partial charge in [-0.3, -0.25) is 14.6 Å². The minimum absolute atomic E-state index is 0.0117. The molecule has 3 rings (SSSR count). The summed E-state index contributed by atoms with van der Waals surface area (Å²) in [6, 6.07) is 3.42. The minimum atomic E-state index is -0.455. The summed E-state index contributed by atoms with van der Waals surface area (Å²) in [7, 11) is 1.71. The van der Waals surface area contributed by atoms with Gasteiger partial charge < -0.3 is 20.1 Å². The molecule has 146 valence electrons. The van der Waals surface area contributed by atoms with Crippen molar-refractivity contribution >= 4 is 17.8 Å². The quantitative estimate of drug-likeness (QED) is 0.729. The van der Waals surface area contributed by atoms with Crippen LogP contribution in [0.4, 0.5) is 10.6 Å². The number of aromatic nitrogens is 4. The minimum Gasteiger partial charge on any atom is -0.444 e. The molecule has 0 aliphatic carbocycles. The molecule has 3 N–H and O–H groups in total. The fraction of sp³-hybridized carbons (Fsp3) is 0.529. The molecular weight excluding hydrogens is 352 g/mol. The van der Waals surface area contributed by atoms with Crippen molar-refractivity contribution in [3.63, 3.8) is 0 Å². The predicted octanol–water partition coefficient (Wildman–Crippen LogP) is 1.67. The van der Waals surface area contributed by atoms with Gasteiger partial charge in [0.1, 0.15) is 17.9 Å². The number of ether oxygens (including phenoxy) is 2. The first kappa shape index (κ1) is 18.9. The summed E-state index contributed by atoms with van der Waals surface area (Å²) in [5, 5.41) is 16.5. The summed E-state index contributed by atoms with van der Waals surface area (Å²) in [6.45, 7) is 5.86. The van der Waals surface area contributed by atoms with Gasteiger partial charge in [-0.25, -0.2) is 4.79 Å². The number of nitrogens with zero attached hydrogens (tertiary/aromatic N) is 3. The molecule has 0 spiro atoms. The van der Waals surface area contributed by atoms with Gasteiger partial charge in [0.15, 0.2) is 5.82 Å². The number of amides is 2. The number of carbonyl (C=O) groups is 2. The van der Waals surface area contributed by atoms with Crippen molar-refractivity contribution in [3.8, 4) is 0 Å². The predicted molar refractivity (Wildman–Crippen MR) is 96.3 cm³/mol. The van der Waals surface area contributed by atoms with Gasteiger partial charge in [0.2, 0.25) is 0 Å². The number of aromatic amines is 1. The van der Waals surface area contributed by atoms with Crippen LogP contribution in [-0.2, 0) is 16.5 Å². The highest BCUT2D eigenvalue weighted by molar-refractivity contribution is 6.02. The summed E-state index contributed by atoms with van der Waals surface area (Å²) in [6.07, 6.45) is -0.545. The molecule has 2 amide bonds. The van der Waals surface area contributed by atoms with Crippen LogP contribution >= 0.6 is 0 Å². The first-order valence-electron chi connectivity index (χ1n) is 8.78. The average Bonchev–Trinajstić information content (AvgIpc) is 3.27. The van der Waals surface area contributed by atoms with Crippen LogP contribution in [0.25, 0.3) is 0 Å². The number of hydrogen-bond acceptors (Lipinski definition) is 6. The molecule has 10 heteroatoms. The number of rotatable bonds is 5. The molecule has 2 atom stereocenters. The summed E-state index contributed by atoms with van der Waals surface area (Å²) in [5.41, 5.74) is 1.91. The molecule has 0 aromatic carbocycles. The van der Waals surface area contributed by atoms with Crippen molar-refractivity contribution in [2.75, 3.05) is 11.9 Å². The first-order valence-corrected chi connectivity index (χ1v) is 8.78. The number of carbonyl (C=O) groups excluding carboxylic acids is 2. The maximum absolute atomic E-state index is 12.3. The fourth-order valence-electron chi connectivity index (χ4n) is 2.89. The highest BCUT2D eigenvalue weighted by Gasteiger charge is 2.31. The van der Waals surface area contributed by atoms with Gasteiger partial charge in [-0.15, -0.1) is 0 Å². The van der Waals surface area contributed by atoms with Crippen LogP contribution in [0.5, 0.6) is 0 Å². The van der Waals surface area contributed by atoms with E-state index in [0.29, 0.717) is 30.2 Å². The molecule has 0 unspecified atom stereocenters. The lowest BCUT2D eigenvalue weighted by Crippen LogP contribution is -2.33. The molecule has 0 bridgehead atoms. The van der Waals surface area contributed by atoms with Gasteiger partial charge in [0, 0.05) is 25.6 Å². The van der Waals surface area contributed by atoms with Crippen LogP contribution in [0.3, 0.4) is 0 Å². The van der Waals surface area contributed by atoms with Crippen molar-refractivity contribution < 1.29 is 19.1 Å². The number of aryl methyl sites for hydroxylation is 2. The van der Waals surface area contributed by atoms with Crippen molar-refractivity contribution in [2.24, 2.45) is 7.05 Å². The lowest BCUT2D eigenvalue weighted by Gasteiger charge is -2.13. The van der Waals surface area contributed by atoms with E-state index in [9.17, 15) is 9.59 Å². The van der Waals surface area contributed by atoms with Gasteiger partial charge in [-0.05, 0) is 26.8 Å². The summed E-state index contributed by atoms with van der Waals surface area (Å²) < 4.78 is 12.5. The summed E-state index contributed by atoms with van der Waals surface area (Å²) in [4.78, 5) is 24.0.